The Bertz CT molecular complexity index is 512. The van der Waals surface area contributed by atoms with E-state index in [1.807, 2.05) is 11.8 Å². The zero-order chi connectivity index (χ0) is 13.1. The highest BCUT2D eigenvalue weighted by molar-refractivity contribution is 8.00. The van der Waals surface area contributed by atoms with Crippen LogP contribution in [0.4, 0.5) is 5.69 Å². The van der Waals surface area contributed by atoms with Gasteiger partial charge in [0.25, 0.3) is 0 Å². The van der Waals surface area contributed by atoms with Crippen molar-refractivity contribution in [2.75, 3.05) is 11.1 Å². The van der Waals surface area contributed by atoms with Gasteiger partial charge in [0.15, 0.2) is 5.16 Å². The smallest absolute Gasteiger partial charge is 0.188 e. The van der Waals surface area contributed by atoms with E-state index in [4.69, 9.17) is 0 Å². The lowest BCUT2D eigenvalue weighted by Gasteiger charge is -2.17. The number of rotatable bonds is 4. The van der Waals surface area contributed by atoms with E-state index in [0.29, 0.717) is 11.3 Å². The molecule has 3 rings (SSSR count). The van der Waals surface area contributed by atoms with E-state index in [1.165, 1.54) is 24.2 Å². The number of hydrogen-bond donors (Lipinski definition) is 2. The van der Waals surface area contributed by atoms with Gasteiger partial charge in [-0.2, -0.15) is 16.9 Å². The average molecular weight is 292 g/mol. The summed E-state index contributed by atoms with van der Waals surface area (Å²) in [5.41, 5.74) is 1.20. The average Bonchev–Trinajstić information content (AvgIpc) is 3.05. The fourth-order valence-corrected chi connectivity index (χ4v) is 4.00. The van der Waals surface area contributed by atoms with Crippen LogP contribution in [0.25, 0.3) is 0 Å². The fourth-order valence-electron chi connectivity index (χ4n) is 2.11. The van der Waals surface area contributed by atoms with Crippen molar-refractivity contribution in [3.63, 3.8) is 0 Å². The molecule has 1 aromatic heterocycles. The first-order chi connectivity index (χ1) is 9.31. The molecule has 1 saturated heterocycles. The third-order valence-corrected chi connectivity index (χ3v) is 5.41. The summed E-state index contributed by atoms with van der Waals surface area (Å²) in [6.45, 7) is 2.30. The third kappa shape index (κ3) is 3.25. The van der Waals surface area contributed by atoms with Gasteiger partial charge in [-0.1, -0.05) is 18.7 Å². The molecule has 1 aromatic carbocycles. The molecule has 2 aromatic rings. The molecule has 0 radical (unpaired) electrons. The van der Waals surface area contributed by atoms with Crippen LogP contribution in [0.15, 0.2) is 40.6 Å². The van der Waals surface area contributed by atoms with Crippen LogP contribution in [0.1, 0.15) is 13.3 Å². The minimum Gasteiger partial charge on any atom is -0.381 e. The molecule has 6 heteroatoms. The van der Waals surface area contributed by atoms with Crippen LogP contribution in [0.2, 0.25) is 0 Å². The summed E-state index contributed by atoms with van der Waals surface area (Å²) in [7, 11) is 0. The van der Waals surface area contributed by atoms with Gasteiger partial charge in [0.2, 0.25) is 0 Å². The monoisotopic (exact) mass is 292 g/mol. The molecule has 0 amide bonds. The molecule has 0 saturated carbocycles. The van der Waals surface area contributed by atoms with Gasteiger partial charge in [-0.15, -0.1) is 0 Å². The second-order valence-corrected chi connectivity index (χ2v) is 7.08. The summed E-state index contributed by atoms with van der Waals surface area (Å²) in [5, 5.41) is 11.8. The normalized spacial score (nSPS) is 22.6. The first kappa shape index (κ1) is 12.9. The largest absolute Gasteiger partial charge is 0.381 e. The van der Waals surface area contributed by atoms with Crippen LogP contribution in [0, 0.1) is 0 Å². The Hall–Kier alpha value is -1.14. The number of nitrogens with zero attached hydrogens (tertiary/aromatic N) is 2. The molecule has 19 heavy (non-hydrogen) atoms. The third-order valence-electron chi connectivity index (χ3n) is 3.19. The summed E-state index contributed by atoms with van der Waals surface area (Å²) in [6.07, 6.45) is 2.78. The van der Waals surface area contributed by atoms with E-state index >= 15 is 0 Å². The molecule has 2 heterocycles. The topological polar surface area (TPSA) is 53.6 Å². The lowest BCUT2D eigenvalue weighted by molar-refractivity contribution is 0.724. The molecule has 4 nitrogen and oxygen atoms in total. The van der Waals surface area contributed by atoms with Crippen molar-refractivity contribution in [3.05, 3.63) is 30.6 Å². The Morgan fingerprint density at radius 1 is 1.37 bits per heavy atom. The van der Waals surface area contributed by atoms with Crippen LogP contribution in [0.3, 0.4) is 0 Å². The lowest BCUT2D eigenvalue weighted by Crippen LogP contribution is -2.24. The van der Waals surface area contributed by atoms with Crippen molar-refractivity contribution in [1.82, 2.24) is 15.2 Å². The quantitative estimate of drug-likeness (QED) is 0.906. The van der Waals surface area contributed by atoms with Crippen LogP contribution >= 0.6 is 23.5 Å². The Kier molecular flexibility index (Phi) is 3.98. The number of aromatic amines is 1. The van der Waals surface area contributed by atoms with E-state index in [-0.39, 0.29) is 0 Å². The molecular formula is C13H16N4S2. The SMILES string of the molecule is CC1SCCC1Nc1ccc(Sc2ncn[nH]2)cc1. The number of anilines is 1. The first-order valence-corrected chi connectivity index (χ1v) is 8.19. The first-order valence-electron chi connectivity index (χ1n) is 6.33. The fraction of sp³-hybridized carbons (Fsp3) is 0.385. The maximum absolute atomic E-state index is 4.10. The summed E-state index contributed by atoms with van der Waals surface area (Å²) < 4.78 is 0. The summed E-state index contributed by atoms with van der Waals surface area (Å²) in [6, 6.07) is 9.09. The van der Waals surface area contributed by atoms with Crippen LogP contribution < -0.4 is 5.32 Å². The molecule has 1 fully saturated rings. The highest BCUT2D eigenvalue weighted by atomic mass is 32.2. The summed E-state index contributed by atoms with van der Waals surface area (Å²) in [5.74, 6) is 1.26. The minimum absolute atomic E-state index is 0.595. The van der Waals surface area contributed by atoms with Gasteiger partial charge in [0, 0.05) is 21.9 Å². The maximum Gasteiger partial charge on any atom is 0.188 e. The van der Waals surface area contributed by atoms with Crippen LogP contribution in [0.5, 0.6) is 0 Å². The van der Waals surface area contributed by atoms with Crippen LogP contribution in [-0.4, -0.2) is 32.2 Å². The highest BCUT2D eigenvalue weighted by Gasteiger charge is 2.23. The Morgan fingerprint density at radius 2 is 2.21 bits per heavy atom. The molecule has 2 N–H and O–H groups in total. The standard InChI is InChI=1S/C13H16N4S2/c1-9-12(6-7-18-9)16-10-2-4-11(5-3-10)19-13-14-8-15-17-13/h2-5,8-9,12,16H,6-7H2,1H3,(H,14,15,17). The number of benzene rings is 1. The Morgan fingerprint density at radius 3 is 2.84 bits per heavy atom. The second kappa shape index (κ2) is 5.88. The lowest BCUT2D eigenvalue weighted by atomic mass is 10.1. The Labute approximate surface area is 121 Å². The van der Waals surface area contributed by atoms with Gasteiger partial charge in [-0.05, 0) is 36.4 Å². The molecule has 100 valence electrons. The molecule has 1 aliphatic heterocycles. The molecule has 1 aliphatic rings. The highest BCUT2D eigenvalue weighted by Crippen LogP contribution is 2.30. The van der Waals surface area contributed by atoms with Gasteiger partial charge < -0.3 is 5.32 Å². The Balaban J connectivity index is 1.62. The van der Waals surface area contributed by atoms with E-state index in [9.17, 15) is 0 Å². The molecule has 2 unspecified atom stereocenters. The zero-order valence-corrected chi connectivity index (χ0v) is 12.3. The number of aromatic nitrogens is 3. The number of thioether (sulfide) groups is 1. The summed E-state index contributed by atoms with van der Waals surface area (Å²) in [4.78, 5) is 5.27. The van der Waals surface area contributed by atoms with Gasteiger partial charge in [0.05, 0.1) is 0 Å². The van der Waals surface area contributed by atoms with Crippen LogP contribution in [-0.2, 0) is 0 Å². The van der Waals surface area contributed by atoms with Gasteiger partial charge >= 0.3 is 0 Å². The van der Waals surface area contributed by atoms with Crippen molar-refractivity contribution in [1.29, 1.82) is 0 Å². The second-order valence-electron chi connectivity index (χ2n) is 4.53. The summed E-state index contributed by atoms with van der Waals surface area (Å²) >= 11 is 3.63. The van der Waals surface area contributed by atoms with Gasteiger partial charge in [0.1, 0.15) is 6.33 Å². The molecule has 0 bridgehead atoms. The van der Waals surface area contributed by atoms with Crippen molar-refractivity contribution >= 4 is 29.2 Å². The van der Waals surface area contributed by atoms with E-state index < -0.39 is 0 Å². The van der Waals surface area contributed by atoms with E-state index in [1.54, 1.807) is 11.8 Å². The van der Waals surface area contributed by atoms with Crippen molar-refractivity contribution < 1.29 is 0 Å². The number of nitrogens with one attached hydrogen (secondary N) is 2. The molecule has 0 aliphatic carbocycles. The predicted molar refractivity (Wildman–Crippen MR) is 80.9 cm³/mol. The van der Waals surface area contributed by atoms with E-state index in [2.05, 4.69) is 51.7 Å². The van der Waals surface area contributed by atoms with Crippen molar-refractivity contribution in [2.45, 2.75) is 34.7 Å². The predicted octanol–water partition coefficient (Wildman–Crippen LogP) is 3.26. The molecule has 0 spiro atoms. The van der Waals surface area contributed by atoms with Gasteiger partial charge in [-0.3, -0.25) is 5.10 Å². The molecular weight excluding hydrogens is 276 g/mol. The van der Waals surface area contributed by atoms with Crippen molar-refractivity contribution in [3.8, 4) is 0 Å². The number of hydrogen-bond acceptors (Lipinski definition) is 5. The maximum atomic E-state index is 4.10. The van der Waals surface area contributed by atoms with Gasteiger partial charge in [-0.25, -0.2) is 4.98 Å². The zero-order valence-electron chi connectivity index (χ0n) is 10.7. The number of H-pyrrole nitrogens is 1. The minimum atomic E-state index is 0.595. The van der Waals surface area contributed by atoms with E-state index in [0.717, 1.165) is 10.1 Å². The molecule has 2 atom stereocenters. The van der Waals surface area contributed by atoms with Crippen molar-refractivity contribution in [2.24, 2.45) is 0 Å².